The number of non-ortho nitro benzene ring substituents is 1. The highest BCUT2D eigenvalue weighted by molar-refractivity contribution is 5.70. The zero-order valence-corrected chi connectivity index (χ0v) is 29.4. The predicted molar refractivity (Wildman–Crippen MR) is 141 cm³/mol. The molecule has 1 atom stereocenters. The van der Waals surface area contributed by atoms with Crippen molar-refractivity contribution in [3.05, 3.63) is 37.9 Å². The predicted octanol–water partition coefficient (Wildman–Crippen LogP) is 12.4. The van der Waals surface area contributed by atoms with E-state index in [1.165, 1.54) is 6.92 Å². The maximum absolute atomic E-state index is 14.3. The van der Waals surface area contributed by atoms with E-state index in [0.29, 0.717) is 6.07 Å². The third-order valence-corrected chi connectivity index (χ3v) is 8.34. The largest absolute Gasteiger partial charge is 0.514 e. The molecule has 9 nitrogen and oxygen atoms in total. The molecule has 0 aliphatic carbocycles. The maximum Gasteiger partial charge on any atom is 0.514 e. The van der Waals surface area contributed by atoms with Crippen LogP contribution in [0.25, 0.3) is 0 Å². The molecule has 1 aromatic rings. The van der Waals surface area contributed by atoms with Gasteiger partial charge in [0.2, 0.25) is 5.75 Å². The van der Waals surface area contributed by atoms with Gasteiger partial charge in [-0.15, -0.1) is 0 Å². The van der Waals surface area contributed by atoms with Crippen LogP contribution >= 0.6 is 0 Å². The van der Waals surface area contributed by atoms with Gasteiger partial charge in [0.15, 0.2) is 6.61 Å². The molecule has 0 aliphatic heterocycles. The van der Waals surface area contributed by atoms with Crippen LogP contribution in [-0.4, -0.2) is 106 Å². The van der Waals surface area contributed by atoms with Crippen LogP contribution in [0.5, 0.6) is 5.75 Å². The molecule has 0 aromatic heterocycles. The fraction of sp³-hybridized carbons (Fsp3) is 0.731. The zero-order chi connectivity index (χ0) is 51.9. The summed E-state index contributed by atoms with van der Waals surface area (Å²) in [4.78, 5) is 31.5. The van der Waals surface area contributed by atoms with E-state index in [4.69, 9.17) is 0 Å². The number of ether oxygens (including phenoxy) is 2. The minimum absolute atomic E-state index is 0.0600. The molecule has 0 spiro atoms. The number of carbonyl (C=O) groups is 1. The van der Waals surface area contributed by atoms with Crippen LogP contribution in [0, 0.1) is 20.2 Å². The number of nitrogens with zero attached hydrogens (tertiary/aromatic N) is 2. The second-order valence-electron chi connectivity index (χ2n) is 12.4. The van der Waals surface area contributed by atoms with Crippen molar-refractivity contribution in [2.45, 2.75) is 109 Å². The van der Waals surface area contributed by atoms with Gasteiger partial charge in [0.1, 0.15) is 0 Å². The molecular weight excluding hydrogens is 1000 g/mol. The molecule has 0 fully saturated rings. The highest BCUT2D eigenvalue weighted by Crippen LogP contribution is 2.69. The Morgan fingerprint density at radius 1 is 0.516 bits per heavy atom. The van der Waals surface area contributed by atoms with Crippen LogP contribution in [0.1, 0.15) is 31.7 Å². The first-order valence-electron chi connectivity index (χ1n) is 15.0. The average molecular weight is 1020 g/mol. The molecule has 1 aromatic carbocycles. The molecule has 0 amide bonds. The standard InChI is InChI=1S/C26H13F29N2O7/c1-3-7(2)9-4-8(56(59)60)5-10(57(61)62)11(9)64-12(58)63-6-13(27,28)14(29,30)15(31,32)16(33,34)17(35,36)18(37,38)19(39,40)20(41,42)21(43,44)22(45,46)23(47,48)24(49,50)25(51,52)26(53,54)55/h4-5,7H,3,6H2,1-2H3. The summed E-state index contributed by atoms with van der Waals surface area (Å²) in [5.41, 5.74) is -3.75. The lowest BCUT2D eigenvalue weighted by Gasteiger charge is -2.46. The van der Waals surface area contributed by atoms with Crippen LogP contribution in [0.4, 0.5) is 143 Å². The van der Waals surface area contributed by atoms with Crippen molar-refractivity contribution in [3.63, 3.8) is 0 Å². The number of halogens is 29. The normalized spacial score (nSPS) is 15.8. The molecule has 0 saturated heterocycles. The lowest BCUT2D eigenvalue weighted by atomic mass is 9.83. The third kappa shape index (κ3) is 7.82. The molecule has 0 heterocycles. The molecular formula is C26H13F29N2O7. The van der Waals surface area contributed by atoms with Crippen LogP contribution in [-0.2, 0) is 4.74 Å². The summed E-state index contributed by atoms with van der Waals surface area (Å²) >= 11 is 0. The molecule has 0 bridgehead atoms. The van der Waals surface area contributed by atoms with Gasteiger partial charge >= 0.3 is 95.0 Å². The number of hydrogen-bond acceptors (Lipinski definition) is 7. The Labute approximate surface area is 329 Å². The van der Waals surface area contributed by atoms with Gasteiger partial charge in [0.05, 0.1) is 15.9 Å². The second-order valence-corrected chi connectivity index (χ2v) is 12.4. The number of rotatable bonds is 19. The van der Waals surface area contributed by atoms with Crippen molar-refractivity contribution >= 4 is 17.5 Å². The van der Waals surface area contributed by atoms with E-state index in [9.17, 15) is 152 Å². The van der Waals surface area contributed by atoms with E-state index in [0.717, 1.165) is 6.92 Å². The van der Waals surface area contributed by atoms with Gasteiger partial charge < -0.3 is 9.47 Å². The van der Waals surface area contributed by atoms with Gasteiger partial charge in [0, 0.05) is 11.6 Å². The van der Waals surface area contributed by atoms with E-state index in [-0.39, 0.29) is 12.5 Å². The molecule has 0 saturated carbocycles. The quantitative estimate of drug-likeness (QED) is 0.0445. The Balaban J connectivity index is 3.82. The highest BCUT2D eigenvalue weighted by atomic mass is 19.4. The van der Waals surface area contributed by atoms with Gasteiger partial charge in [0.25, 0.3) is 5.69 Å². The fourth-order valence-electron chi connectivity index (χ4n) is 4.29. The Hall–Kier alpha value is -4.74. The van der Waals surface area contributed by atoms with Crippen molar-refractivity contribution in [1.29, 1.82) is 0 Å². The van der Waals surface area contributed by atoms with Crippen LogP contribution in [0.2, 0.25) is 0 Å². The summed E-state index contributed by atoms with van der Waals surface area (Å²) in [5, 5.41) is 22.5. The lowest BCUT2D eigenvalue weighted by Crippen LogP contribution is -2.79. The van der Waals surface area contributed by atoms with E-state index in [1.54, 1.807) is 0 Å². The monoisotopic (exact) mass is 1020 g/mol. The zero-order valence-electron chi connectivity index (χ0n) is 29.4. The minimum Gasteiger partial charge on any atom is -0.427 e. The van der Waals surface area contributed by atoms with E-state index >= 15 is 0 Å². The van der Waals surface area contributed by atoms with E-state index in [1.807, 2.05) is 0 Å². The van der Waals surface area contributed by atoms with Gasteiger partial charge in [-0.2, -0.15) is 127 Å². The summed E-state index contributed by atoms with van der Waals surface area (Å²) in [7, 11) is 0. The first-order valence-corrected chi connectivity index (χ1v) is 15.0. The van der Waals surface area contributed by atoms with Crippen molar-refractivity contribution in [3.8, 4) is 5.75 Å². The van der Waals surface area contributed by atoms with Crippen LogP contribution < -0.4 is 4.74 Å². The van der Waals surface area contributed by atoms with Crippen LogP contribution in [0.15, 0.2) is 12.1 Å². The van der Waals surface area contributed by atoms with Gasteiger partial charge in [-0.3, -0.25) is 20.2 Å². The Bertz CT molecular complexity index is 1950. The SMILES string of the molecule is CCC(C)c1cc([N+](=O)[O-])cc([N+](=O)[O-])c1OC(=O)OCC(F)(F)C(F)(F)C(F)(F)C(F)(F)C(F)(F)C(F)(F)C(F)(F)C(F)(F)C(F)(F)C(F)(F)C(F)(F)C(F)(F)C(F)(F)C(F)(F)F. The fourth-order valence-corrected chi connectivity index (χ4v) is 4.29. The van der Waals surface area contributed by atoms with Gasteiger partial charge in [-0.1, -0.05) is 13.8 Å². The van der Waals surface area contributed by atoms with Gasteiger partial charge in [-0.05, 0) is 12.3 Å². The van der Waals surface area contributed by atoms with Crippen LogP contribution in [0.3, 0.4) is 0 Å². The Morgan fingerprint density at radius 2 is 0.812 bits per heavy atom. The number of nitro benzene ring substituents is 2. The Kier molecular flexibility index (Phi) is 14.3. The lowest BCUT2D eigenvalue weighted by molar-refractivity contribution is -0.487. The number of nitro groups is 2. The number of carbonyl (C=O) groups excluding carboxylic acids is 1. The Morgan fingerprint density at radius 3 is 1.08 bits per heavy atom. The average Bonchev–Trinajstić information content (AvgIpc) is 3.11. The molecule has 372 valence electrons. The molecule has 1 unspecified atom stereocenters. The number of benzene rings is 1. The van der Waals surface area contributed by atoms with Crippen molar-refractivity contribution < 1.29 is 151 Å². The molecule has 38 heteroatoms. The van der Waals surface area contributed by atoms with Gasteiger partial charge in [-0.25, -0.2) is 4.79 Å². The molecule has 0 radical (unpaired) electrons. The summed E-state index contributed by atoms with van der Waals surface area (Å²) in [6.45, 7) is -1.85. The number of alkyl halides is 29. The second kappa shape index (κ2) is 16.0. The minimum atomic E-state index is -10.1. The summed E-state index contributed by atoms with van der Waals surface area (Å²) in [6, 6.07) is 0.292. The summed E-state index contributed by atoms with van der Waals surface area (Å²) in [6.07, 6.45) is -11.7. The molecule has 0 aliphatic rings. The summed E-state index contributed by atoms with van der Waals surface area (Å²) in [5.74, 6) is -126. The van der Waals surface area contributed by atoms with E-state index < -0.39 is 134 Å². The summed E-state index contributed by atoms with van der Waals surface area (Å²) < 4.78 is 405. The molecule has 0 N–H and O–H groups in total. The smallest absolute Gasteiger partial charge is 0.427 e. The van der Waals surface area contributed by atoms with Crippen molar-refractivity contribution in [2.75, 3.05) is 6.61 Å². The number of hydrogen-bond donors (Lipinski definition) is 0. The highest BCUT2D eigenvalue weighted by Gasteiger charge is 3.01. The maximum atomic E-state index is 14.3. The van der Waals surface area contributed by atoms with Crippen molar-refractivity contribution in [1.82, 2.24) is 0 Å². The van der Waals surface area contributed by atoms with E-state index in [2.05, 4.69) is 9.47 Å². The molecule has 1 rings (SSSR count). The first kappa shape index (κ1) is 57.3. The first-order chi connectivity index (χ1) is 27.7. The third-order valence-electron chi connectivity index (χ3n) is 8.34. The topological polar surface area (TPSA) is 122 Å². The molecule has 64 heavy (non-hydrogen) atoms. The van der Waals surface area contributed by atoms with Crippen molar-refractivity contribution in [2.24, 2.45) is 0 Å².